The zero-order chi connectivity index (χ0) is 30.6. The van der Waals surface area contributed by atoms with Gasteiger partial charge in [-0.05, 0) is 68.6 Å². The Kier molecular flexibility index (Phi) is 7.44. The molecule has 2 aliphatic rings. The van der Waals surface area contributed by atoms with Gasteiger partial charge in [0.2, 0.25) is 0 Å². The fourth-order valence-electron chi connectivity index (χ4n) is 6.28. The molecule has 3 aromatic rings. The van der Waals surface area contributed by atoms with Gasteiger partial charge in [0.1, 0.15) is 11.2 Å². The van der Waals surface area contributed by atoms with Crippen LogP contribution >= 0.6 is 0 Å². The van der Waals surface area contributed by atoms with Crippen LogP contribution in [0.2, 0.25) is 0 Å². The number of nitrogens with zero attached hydrogens (tertiary/aromatic N) is 4. The molecule has 42 heavy (non-hydrogen) atoms. The molecular formula is C33H42N4O5. The third-order valence-corrected chi connectivity index (χ3v) is 8.94. The molecular weight excluding hydrogens is 532 g/mol. The molecule has 1 saturated heterocycles. The van der Waals surface area contributed by atoms with Crippen molar-refractivity contribution in [2.75, 3.05) is 19.6 Å². The average Bonchev–Trinajstić information content (AvgIpc) is 3.35. The summed E-state index contributed by atoms with van der Waals surface area (Å²) in [6, 6.07) is 6.77. The van der Waals surface area contributed by atoms with Gasteiger partial charge in [0.25, 0.3) is 11.8 Å². The molecule has 9 heteroatoms. The second-order valence-corrected chi connectivity index (χ2v) is 14.3. The molecule has 0 radical (unpaired) electrons. The van der Waals surface area contributed by atoms with Crippen LogP contribution in [0.25, 0.3) is 11.1 Å². The number of furan rings is 1. The molecule has 9 nitrogen and oxygen atoms in total. The van der Waals surface area contributed by atoms with E-state index in [1.807, 2.05) is 13.8 Å². The molecule has 1 aliphatic carbocycles. The van der Waals surface area contributed by atoms with Crippen LogP contribution in [-0.2, 0) is 5.41 Å². The molecule has 1 aliphatic heterocycles. The second kappa shape index (κ2) is 10.5. The Morgan fingerprint density at radius 2 is 1.69 bits per heavy atom. The Bertz CT molecular complexity index is 1520. The number of amides is 2. The maximum Gasteiger partial charge on any atom is 0.354 e. The maximum atomic E-state index is 13.9. The summed E-state index contributed by atoms with van der Waals surface area (Å²) < 4.78 is 6.29. The zero-order valence-electron chi connectivity index (χ0n) is 25.8. The van der Waals surface area contributed by atoms with Gasteiger partial charge in [0.05, 0.1) is 11.1 Å². The van der Waals surface area contributed by atoms with Crippen molar-refractivity contribution in [3.05, 3.63) is 58.7 Å². The predicted molar refractivity (Wildman–Crippen MR) is 160 cm³/mol. The molecule has 0 unspecified atom stereocenters. The van der Waals surface area contributed by atoms with Gasteiger partial charge < -0.3 is 19.3 Å². The summed E-state index contributed by atoms with van der Waals surface area (Å²) >= 11 is 0. The number of hydrogen-bond acceptors (Lipinski definition) is 6. The van der Waals surface area contributed by atoms with E-state index >= 15 is 0 Å². The van der Waals surface area contributed by atoms with Crippen LogP contribution in [0.4, 0.5) is 0 Å². The lowest BCUT2D eigenvalue weighted by molar-refractivity contribution is 0.0150. The highest BCUT2D eigenvalue weighted by Crippen LogP contribution is 2.43. The van der Waals surface area contributed by atoms with E-state index < -0.39 is 11.5 Å². The van der Waals surface area contributed by atoms with Gasteiger partial charge in [-0.15, -0.1) is 0 Å². The summed E-state index contributed by atoms with van der Waals surface area (Å²) in [4.78, 5) is 50.5. The van der Waals surface area contributed by atoms with Crippen molar-refractivity contribution in [3.63, 3.8) is 0 Å². The van der Waals surface area contributed by atoms with E-state index in [0.29, 0.717) is 42.1 Å². The van der Waals surface area contributed by atoms with Crippen molar-refractivity contribution in [2.24, 2.45) is 5.41 Å². The van der Waals surface area contributed by atoms with Crippen LogP contribution in [0.3, 0.4) is 0 Å². The maximum absolute atomic E-state index is 13.9. The first kappa shape index (κ1) is 29.7. The van der Waals surface area contributed by atoms with Gasteiger partial charge in [-0.2, -0.15) is 0 Å². The lowest BCUT2D eigenvalue weighted by Gasteiger charge is -2.46. The third-order valence-electron chi connectivity index (χ3n) is 8.94. The predicted octanol–water partition coefficient (Wildman–Crippen LogP) is 6.28. The lowest BCUT2D eigenvalue weighted by Crippen LogP contribution is -2.62. The first-order valence-electron chi connectivity index (χ1n) is 14.8. The van der Waals surface area contributed by atoms with Crippen LogP contribution in [0.1, 0.15) is 123 Å². The highest BCUT2D eigenvalue weighted by atomic mass is 16.4. The first-order valence-corrected chi connectivity index (χ1v) is 14.8. The van der Waals surface area contributed by atoms with Gasteiger partial charge in [-0.25, -0.2) is 14.8 Å². The van der Waals surface area contributed by atoms with Crippen LogP contribution < -0.4 is 0 Å². The number of hydrogen-bond donors (Lipinski definition) is 1. The standard InChI is InChI=1S/C33H42N4O5/c1-31(2,3)22-16-24(20-10-12-32(4,5)13-11-20)35-25-17-26(42-27(22)25)29(39)37-15-14-36(19-33(37,6)7)28(38)21-8-9-23(30(40)41)34-18-21/h8-9,16-18,20H,10-15,19H2,1-7H3,(H,40,41). The summed E-state index contributed by atoms with van der Waals surface area (Å²) in [5.41, 5.74) is 3.22. The summed E-state index contributed by atoms with van der Waals surface area (Å²) in [5.74, 6) is -0.963. The molecule has 0 atom stereocenters. The zero-order valence-corrected chi connectivity index (χ0v) is 25.8. The second-order valence-electron chi connectivity index (χ2n) is 14.3. The minimum absolute atomic E-state index is 0.118. The van der Waals surface area contributed by atoms with Crippen LogP contribution in [0.15, 0.2) is 34.9 Å². The van der Waals surface area contributed by atoms with Crippen molar-refractivity contribution < 1.29 is 23.9 Å². The Hall–Kier alpha value is -3.75. The minimum atomic E-state index is -1.15. The monoisotopic (exact) mass is 574 g/mol. The number of carboxylic acids is 1. The smallest absolute Gasteiger partial charge is 0.354 e. The van der Waals surface area contributed by atoms with Crippen molar-refractivity contribution >= 4 is 28.9 Å². The number of rotatable bonds is 4. The van der Waals surface area contributed by atoms with Crippen molar-refractivity contribution in [1.29, 1.82) is 0 Å². The van der Waals surface area contributed by atoms with E-state index in [2.05, 4.69) is 45.7 Å². The molecule has 4 heterocycles. The SMILES string of the molecule is CC1(C)CCC(c2cc(C(C)(C)C)c3oc(C(=O)N4CCN(C(=O)c5ccc(C(=O)O)nc5)CC4(C)C)cc3n2)CC1. The van der Waals surface area contributed by atoms with Crippen LogP contribution in [0, 0.1) is 5.41 Å². The number of aromatic nitrogens is 2. The normalized spacial score (nSPS) is 19.2. The van der Waals surface area contributed by atoms with Gasteiger partial charge in [-0.3, -0.25) is 9.59 Å². The van der Waals surface area contributed by atoms with E-state index in [9.17, 15) is 14.4 Å². The minimum Gasteiger partial charge on any atom is -0.477 e. The molecule has 224 valence electrons. The molecule has 2 fully saturated rings. The number of carboxylic acid groups (broad SMARTS) is 1. The van der Waals surface area contributed by atoms with E-state index in [0.717, 1.165) is 29.6 Å². The summed E-state index contributed by atoms with van der Waals surface area (Å²) in [5, 5.41) is 9.09. The average molecular weight is 575 g/mol. The summed E-state index contributed by atoms with van der Waals surface area (Å²) in [6.07, 6.45) is 5.84. The fraction of sp³-hybridized carbons (Fsp3) is 0.545. The van der Waals surface area contributed by atoms with Gasteiger partial charge in [0.15, 0.2) is 11.3 Å². The topological polar surface area (TPSA) is 117 Å². The fourth-order valence-corrected chi connectivity index (χ4v) is 6.28. The highest BCUT2D eigenvalue weighted by Gasteiger charge is 2.40. The highest BCUT2D eigenvalue weighted by molar-refractivity contribution is 5.97. The Morgan fingerprint density at radius 3 is 2.26 bits per heavy atom. The molecule has 3 aromatic heterocycles. The van der Waals surface area contributed by atoms with E-state index in [1.165, 1.54) is 31.2 Å². The van der Waals surface area contributed by atoms with E-state index in [1.54, 1.807) is 15.9 Å². The van der Waals surface area contributed by atoms with Gasteiger partial charge >= 0.3 is 5.97 Å². The Balaban J connectivity index is 1.38. The van der Waals surface area contributed by atoms with Crippen molar-refractivity contribution in [2.45, 2.75) is 91.0 Å². The number of carbonyl (C=O) groups excluding carboxylic acids is 2. The molecule has 1 saturated carbocycles. The van der Waals surface area contributed by atoms with Gasteiger partial charge in [0, 0.05) is 49.1 Å². The van der Waals surface area contributed by atoms with Crippen LogP contribution in [-0.4, -0.2) is 67.8 Å². The number of carbonyl (C=O) groups is 3. The van der Waals surface area contributed by atoms with E-state index in [-0.39, 0.29) is 28.7 Å². The quantitative estimate of drug-likeness (QED) is 0.390. The molecule has 0 spiro atoms. The third kappa shape index (κ3) is 5.78. The Labute approximate surface area is 247 Å². The molecule has 2 amide bonds. The molecule has 5 rings (SSSR count). The number of pyridine rings is 2. The molecule has 1 N–H and O–H groups in total. The van der Waals surface area contributed by atoms with E-state index in [4.69, 9.17) is 14.5 Å². The summed E-state index contributed by atoms with van der Waals surface area (Å²) in [6.45, 7) is 16.0. The molecule has 0 aromatic carbocycles. The number of aromatic carboxylic acids is 1. The Morgan fingerprint density at radius 1 is 1.00 bits per heavy atom. The van der Waals surface area contributed by atoms with Gasteiger partial charge in [-0.1, -0.05) is 34.6 Å². The van der Waals surface area contributed by atoms with Crippen molar-refractivity contribution in [1.82, 2.24) is 19.8 Å². The number of fused-ring (bicyclic) bond motifs is 1. The lowest BCUT2D eigenvalue weighted by atomic mass is 9.72. The van der Waals surface area contributed by atoms with Crippen molar-refractivity contribution in [3.8, 4) is 0 Å². The largest absolute Gasteiger partial charge is 0.477 e. The first-order chi connectivity index (χ1) is 19.6. The molecule has 0 bridgehead atoms. The van der Waals surface area contributed by atoms with Crippen LogP contribution in [0.5, 0.6) is 0 Å². The number of piperazine rings is 1. The summed E-state index contributed by atoms with van der Waals surface area (Å²) in [7, 11) is 0.